The van der Waals surface area contributed by atoms with E-state index in [4.69, 9.17) is 5.73 Å². The van der Waals surface area contributed by atoms with E-state index >= 15 is 0 Å². The van der Waals surface area contributed by atoms with Crippen molar-refractivity contribution in [3.8, 4) is 0 Å². The molecule has 132 valence electrons. The normalized spacial score (nSPS) is 30.6. The SMILES string of the molecule is CC(CN1CCCCC1)NC(=O)C1CCCCC1(C)N.Cl.Cl. The maximum atomic E-state index is 12.5. The third kappa shape index (κ3) is 6.23. The molecule has 1 heterocycles. The fraction of sp³-hybridized carbons (Fsp3) is 0.938. The number of rotatable bonds is 4. The van der Waals surface area contributed by atoms with E-state index in [-0.39, 0.29) is 48.2 Å². The zero-order valence-electron chi connectivity index (χ0n) is 14.0. The average molecular weight is 354 g/mol. The first kappa shape index (κ1) is 22.0. The van der Waals surface area contributed by atoms with Crippen LogP contribution in [0, 0.1) is 5.92 Å². The number of nitrogens with zero attached hydrogens (tertiary/aromatic N) is 1. The Labute approximate surface area is 147 Å². The number of hydrogen-bond acceptors (Lipinski definition) is 3. The number of amides is 1. The highest BCUT2D eigenvalue weighted by atomic mass is 35.5. The van der Waals surface area contributed by atoms with Crippen LogP contribution in [-0.4, -0.2) is 42.0 Å². The number of hydrogen-bond donors (Lipinski definition) is 2. The van der Waals surface area contributed by atoms with Gasteiger partial charge in [-0.3, -0.25) is 4.79 Å². The number of carbonyl (C=O) groups excluding carboxylic acids is 1. The lowest BCUT2D eigenvalue weighted by atomic mass is 9.74. The third-order valence-corrected chi connectivity index (χ3v) is 4.94. The zero-order valence-corrected chi connectivity index (χ0v) is 15.6. The van der Waals surface area contributed by atoms with Crippen molar-refractivity contribution in [3.05, 3.63) is 0 Å². The van der Waals surface area contributed by atoms with Crippen molar-refractivity contribution in [3.63, 3.8) is 0 Å². The second-order valence-electron chi connectivity index (χ2n) is 7.08. The number of halogens is 2. The number of piperidine rings is 1. The first-order chi connectivity index (χ1) is 9.49. The summed E-state index contributed by atoms with van der Waals surface area (Å²) in [5.41, 5.74) is 5.99. The Hall–Kier alpha value is -0.0300. The second kappa shape index (κ2) is 9.96. The highest BCUT2D eigenvalue weighted by molar-refractivity contribution is 5.85. The molecule has 0 aromatic heterocycles. The van der Waals surface area contributed by atoms with Gasteiger partial charge in [-0.2, -0.15) is 0 Å². The molecule has 2 aliphatic rings. The van der Waals surface area contributed by atoms with Crippen molar-refractivity contribution < 1.29 is 4.79 Å². The lowest BCUT2D eigenvalue weighted by molar-refractivity contribution is -0.128. The molecule has 4 nitrogen and oxygen atoms in total. The fourth-order valence-electron chi connectivity index (χ4n) is 3.71. The van der Waals surface area contributed by atoms with Crippen molar-refractivity contribution in [2.24, 2.45) is 11.7 Å². The van der Waals surface area contributed by atoms with Crippen LogP contribution in [0.3, 0.4) is 0 Å². The van der Waals surface area contributed by atoms with Crippen LogP contribution in [0.15, 0.2) is 0 Å². The van der Waals surface area contributed by atoms with Crippen molar-refractivity contribution >= 4 is 30.7 Å². The molecule has 1 saturated heterocycles. The van der Waals surface area contributed by atoms with Gasteiger partial charge in [0.05, 0.1) is 5.92 Å². The van der Waals surface area contributed by atoms with Crippen molar-refractivity contribution in [2.45, 2.75) is 70.4 Å². The highest BCUT2D eigenvalue weighted by Crippen LogP contribution is 2.31. The standard InChI is InChI=1S/C16H31N3O.2ClH/c1-13(12-19-10-6-3-7-11-19)18-15(20)14-8-4-5-9-16(14,2)17;;/h13-14H,3-12,17H2,1-2H3,(H,18,20);2*1H. The van der Waals surface area contributed by atoms with Crippen LogP contribution >= 0.6 is 24.8 Å². The summed E-state index contributed by atoms with van der Waals surface area (Å²) in [6.07, 6.45) is 8.13. The van der Waals surface area contributed by atoms with Gasteiger partial charge in [-0.15, -0.1) is 24.8 Å². The molecule has 1 aliphatic carbocycles. The number of likely N-dealkylation sites (tertiary alicyclic amines) is 1. The van der Waals surface area contributed by atoms with Crippen LogP contribution in [0.2, 0.25) is 0 Å². The molecule has 2 fully saturated rings. The van der Waals surface area contributed by atoms with E-state index in [1.54, 1.807) is 0 Å². The molecule has 0 aromatic rings. The summed E-state index contributed by atoms with van der Waals surface area (Å²) in [5, 5.41) is 3.19. The predicted molar refractivity (Wildman–Crippen MR) is 96.9 cm³/mol. The molecule has 0 radical (unpaired) electrons. The monoisotopic (exact) mass is 353 g/mol. The van der Waals surface area contributed by atoms with E-state index in [0.717, 1.165) is 32.2 Å². The molecule has 3 N–H and O–H groups in total. The molecule has 3 unspecified atom stereocenters. The Morgan fingerprint density at radius 3 is 2.45 bits per heavy atom. The first-order valence-electron chi connectivity index (χ1n) is 8.30. The van der Waals surface area contributed by atoms with Gasteiger partial charge in [0.2, 0.25) is 5.91 Å². The minimum absolute atomic E-state index is 0. The Morgan fingerprint density at radius 2 is 1.86 bits per heavy atom. The summed E-state index contributed by atoms with van der Waals surface area (Å²) >= 11 is 0. The van der Waals surface area contributed by atoms with E-state index < -0.39 is 0 Å². The van der Waals surface area contributed by atoms with Crippen molar-refractivity contribution in [1.82, 2.24) is 10.2 Å². The zero-order chi connectivity index (χ0) is 14.6. The summed E-state index contributed by atoms with van der Waals surface area (Å²) in [6, 6.07) is 0.221. The predicted octanol–water partition coefficient (Wildman–Crippen LogP) is 2.73. The largest absolute Gasteiger partial charge is 0.352 e. The maximum Gasteiger partial charge on any atom is 0.225 e. The molecular formula is C16H33Cl2N3O. The first-order valence-corrected chi connectivity index (χ1v) is 8.30. The summed E-state index contributed by atoms with van der Waals surface area (Å²) in [4.78, 5) is 14.9. The van der Waals surface area contributed by atoms with E-state index in [9.17, 15) is 4.79 Å². The number of nitrogens with two attached hydrogens (primary N) is 1. The van der Waals surface area contributed by atoms with E-state index in [1.807, 2.05) is 6.92 Å². The number of nitrogens with one attached hydrogen (secondary N) is 1. The molecule has 1 aliphatic heterocycles. The van der Waals surface area contributed by atoms with Crippen molar-refractivity contribution in [1.29, 1.82) is 0 Å². The van der Waals surface area contributed by atoms with Crippen LogP contribution < -0.4 is 11.1 Å². The van der Waals surface area contributed by atoms with Crippen LogP contribution in [0.4, 0.5) is 0 Å². The fourth-order valence-corrected chi connectivity index (χ4v) is 3.71. The number of carbonyl (C=O) groups is 1. The van der Waals surface area contributed by atoms with Crippen LogP contribution in [0.25, 0.3) is 0 Å². The van der Waals surface area contributed by atoms with E-state index in [0.29, 0.717) is 0 Å². The molecular weight excluding hydrogens is 321 g/mol. The van der Waals surface area contributed by atoms with Gasteiger partial charge in [-0.05, 0) is 52.6 Å². The Morgan fingerprint density at radius 1 is 1.23 bits per heavy atom. The Bertz CT molecular complexity index is 333. The van der Waals surface area contributed by atoms with Gasteiger partial charge in [0, 0.05) is 18.1 Å². The van der Waals surface area contributed by atoms with Gasteiger partial charge in [0.25, 0.3) is 0 Å². The van der Waals surface area contributed by atoms with Gasteiger partial charge in [-0.25, -0.2) is 0 Å². The summed E-state index contributed by atoms with van der Waals surface area (Å²) in [7, 11) is 0. The topological polar surface area (TPSA) is 58.4 Å². The molecule has 0 spiro atoms. The van der Waals surface area contributed by atoms with E-state index in [2.05, 4.69) is 17.1 Å². The van der Waals surface area contributed by atoms with Gasteiger partial charge in [-0.1, -0.05) is 19.3 Å². The Kier molecular flexibility index (Phi) is 9.95. The third-order valence-electron chi connectivity index (χ3n) is 4.94. The summed E-state index contributed by atoms with van der Waals surface area (Å²) in [5.74, 6) is 0.152. The molecule has 1 amide bonds. The molecule has 0 aromatic carbocycles. The second-order valence-corrected chi connectivity index (χ2v) is 7.08. The van der Waals surface area contributed by atoms with Gasteiger partial charge >= 0.3 is 0 Å². The van der Waals surface area contributed by atoms with Crippen molar-refractivity contribution in [2.75, 3.05) is 19.6 Å². The molecule has 3 atom stereocenters. The Balaban J connectivity index is 0.00000220. The smallest absolute Gasteiger partial charge is 0.225 e. The highest BCUT2D eigenvalue weighted by Gasteiger charge is 2.38. The summed E-state index contributed by atoms with van der Waals surface area (Å²) in [6.45, 7) is 7.48. The average Bonchev–Trinajstić information content (AvgIpc) is 2.38. The van der Waals surface area contributed by atoms with Gasteiger partial charge in [0.1, 0.15) is 0 Å². The van der Waals surface area contributed by atoms with Crippen LogP contribution in [0.5, 0.6) is 0 Å². The van der Waals surface area contributed by atoms with E-state index in [1.165, 1.54) is 32.4 Å². The quantitative estimate of drug-likeness (QED) is 0.816. The lowest BCUT2D eigenvalue weighted by Crippen LogP contribution is -2.55. The maximum absolute atomic E-state index is 12.5. The minimum atomic E-state index is -0.326. The molecule has 6 heteroatoms. The molecule has 1 saturated carbocycles. The van der Waals surface area contributed by atoms with Crippen LogP contribution in [0.1, 0.15) is 58.8 Å². The van der Waals surface area contributed by atoms with Gasteiger partial charge < -0.3 is 16.0 Å². The minimum Gasteiger partial charge on any atom is -0.352 e. The summed E-state index contributed by atoms with van der Waals surface area (Å²) < 4.78 is 0. The van der Waals surface area contributed by atoms with Crippen LogP contribution in [-0.2, 0) is 4.79 Å². The molecule has 0 bridgehead atoms. The lowest BCUT2D eigenvalue weighted by Gasteiger charge is -2.38. The molecule has 22 heavy (non-hydrogen) atoms. The molecule has 2 rings (SSSR count). The van der Waals surface area contributed by atoms with Gasteiger partial charge in [0.15, 0.2) is 0 Å².